The molecule has 0 aliphatic rings. The fourth-order valence-electron chi connectivity index (χ4n) is 2.08. The first-order chi connectivity index (χ1) is 8.81. The van der Waals surface area contributed by atoms with E-state index in [0.717, 1.165) is 26.6 Å². The molecule has 0 spiro atoms. The lowest BCUT2D eigenvalue weighted by Crippen LogP contribution is -1.87. The molecule has 2 nitrogen and oxygen atoms in total. The Hall–Kier alpha value is -1.87. The first kappa shape index (κ1) is 11.2. The SMILES string of the molecule is C=Cn1nc(-c2ccccc2Br)c2ccccc21. The van der Waals surface area contributed by atoms with E-state index in [0.29, 0.717) is 0 Å². The molecule has 3 rings (SSSR count). The molecule has 3 heteroatoms. The van der Waals surface area contributed by atoms with Crippen molar-refractivity contribution in [1.82, 2.24) is 9.78 Å². The lowest BCUT2D eigenvalue weighted by atomic mass is 10.1. The number of hydrogen-bond donors (Lipinski definition) is 0. The van der Waals surface area contributed by atoms with Crippen molar-refractivity contribution < 1.29 is 0 Å². The Balaban J connectivity index is 2.37. The molecule has 88 valence electrons. The summed E-state index contributed by atoms with van der Waals surface area (Å²) in [5.41, 5.74) is 3.13. The van der Waals surface area contributed by atoms with Gasteiger partial charge in [-0.15, -0.1) is 0 Å². The summed E-state index contributed by atoms with van der Waals surface area (Å²) in [7, 11) is 0. The molecule has 0 radical (unpaired) electrons. The van der Waals surface area contributed by atoms with E-state index in [-0.39, 0.29) is 0 Å². The molecule has 0 aliphatic carbocycles. The Morgan fingerprint density at radius 2 is 1.78 bits per heavy atom. The summed E-state index contributed by atoms with van der Waals surface area (Å²) >= 11 is 3.57. The van der Waals surface area contributed by atoms with Crippen LogP contribution < -0.4 is 0 Å². The maximum absolute atomic E-state index is 4.61. The average Bonchev–Trinajstić information content (AvgIpc) is 2.78. The van der Waals surface area contributed by atoms with E-state index in [4.69, 9.17) is 0 Å². The van der Waals surface area contributed by atoms with Crippen molar-refractivity contribution in [3.63, 3.8) is 0 Å². The van der Waals surface area contributed by atoms with Gasteiger partial charge in [0.15, 0.2) is 0 Å². The summed E-state index contributed by atoms with van der Waals surface area (Å²) in [5, 5.41) is 5.74. The van der Waals surface area contributed by atoms with Gasteiger partial charge in [0.25, 0.3) is 0 Å². The van der Waals surface area contributed by atoms with E-state index < -0.39 is 0 Å². The van der Waals surface area contributed by atoms with Gasteiger partial charge in [0.05, 0.1) is 5.52 Å². The van der Waals surface area contributed by atoms with E-state index in [1.54, 1.807) is 6.20 Å². The third-order valence-electron chi connectivity index (χ3n) is 2.92. The molecule has 0 unspecified atom stereocenters. The second kappa shape index (κ2) is 4.42. The Morgan fingerprint density at radius 1 is 1.06 bits per heavy atom. The van der Waals surface area contributed by atoms with Gasteiger partial charge in [-0.2, -0.15) is 5.10 Å². The summed E-state index contributed by atoms with van der Waals surface area (Å²) in [6.45, 7) is 3.80. The minimum absolute atomic E-state index is 0.970. The fourth-order valence-corrected chi connectivity index (χ4v) is 2.55. The molecule has 0 bridgehead atoms. The summed E-state index contributed by atoms with van der Waals surface area (Å²) in [5.74, 6) is 0. The highest BCUT2D eigenvalue weighted by atomic mass is 79.9. The Kier molecular flexibility index (Phi) is 2.76. The molecule has 0 amide bonds. The second-order valence-electron chi connectivity index (χ2n) is 3.97. The minimum atomic E-state index is 0.970. The Morgan fingerprint density at radius 3 is 2.56 bits per heavy atom. The van der Waals surface area contributed by atoms with Crippen LogP contribution in [0.25, 0.3) is 28.4 Å². The number of nitrogens with zero attached hydrogens (tertiary/aromatic N) is 2. The predicted octanol–water partition coefficient (Wildman–Crippen LogP) is 4.57. The number of para-hydroxylation sites is 1. The largest absolute Gasteiger partial charge is 0.240 e. The van der Waals surface area contributed by atoms with Crippen LogP contribution in [0.4, 0.5) is 0 Å². The monoisotopic (exact) mass is 298 g/mol. The number of aromatic nitrogens is 2. The second-order valence-corrected chi connectivity index (χ2v) is 4.83. The highest BCUT2D eigenvalue weighted by Gasteiger charge is 2.12. The van der Waals surface area contributed by atoms with Gasteiger partial charge < -0.3 is 0 Å². The first-order valence-electron chi connectivity index (χ1n) is 5.66. The van der Waals surface area contributed by atoms with E-state index in [1.807, 2.05) is 41.1 Å². The molecule has 0 saturated carbocycles. The lowest BCUT2D eigenvalue weighted by Gasteiger charge is -2.00. The van der Waals surface area contributed by atoms with Gasteiger partial charge in [0.2, 0.25) is 0 Å². The zero-order valence-corrected chi connectivity index (χ0v) is 11.3. The normalized spacial score (nSPS) is 10.7. The number of hydrogen-bond acceptors (Lipinski definition) is 1. The Labute approximate surface area is 114 Å². The smallest absolute Gasteiger partial charge is 0.102 e. The number of benzene rings is 2. The van der Waals surface area contributed by atoms with Gasteiger partial charge in [-0.3, -0.25) is 0 Å². The van der Waals surface area contributed by atoms with Crippen molar-refractivity contribution in [2.24, 2.45) is 0 Å². The van der Waals surface area contributed by atoms with Crippen LogP contribution in [0, 0.1) is 0 Å². The van der Waals surface area contributed by atoms with Crippen molar-refractivity contribution in [3.05, 3.63) is 59.6 Å². The summed E-state index contributed by atoms with van der Waals surface area (Å²) in [6, 6.07) is 16.3. The molecule has 2 aromatic carbocycles. The van der Waals surface area contributed by atoms with Crippen molar-refractivity contribution in [2.75, 3.05) is 0 Å². The fraction of sp³-hybridized carbons (Fsp3) is 0. The van der Waals surface area contributed by atoms with E-state index >= 15 is 0 Å². The Bertz CT molecular complexity index is 728. The van der Waals surface area contributed by atoms with E-state index in [9.17, 15) is 0 Å². The van der Waals surface area contributed by atoms with Gasteiger partial charge in [0.1, 0.15) is 5.69 Å². The molecule has 1 aromatic heterocycles. The van der Waals surface area contributed by atoms with Crippen molar-refractivity contribution >= 4 is 33.0 Å². The molecule has 0 N–H and O–H groups in total. The van der Waals surface area contributed by atoms with Crippen LogP contribution in [0.2, 0.25) is 0 Å². The molecule has 0 saturated heterocycles. The van der Waals surface area contributed by atoms with Gasteiger partial charge in [-0.25, -0.2) is 4.68 Å². The molecule has 0 atom stereocenters. The summed E-state index contributed by atoms with van der Waals surface area (Å²) in [6.07, 6.45) is 1.72. The molecule has 0 aliphatic heterocycles. The van der Waals surface area contributed by atoms with Crippen LogP contribution in [-0.2, 0) is 0 Å². The van der Waals surface area contributed by atoms with Gasteiger partial charge >= 0.3 is 0 Å². The van der Waals surface area contributed by atoms with Crippen LogP contribution in [0.1, 0.15) is 0 Å². The highest BCUT2D eigenvalue weighted by molar-refractivity contribution is 9.10. The zero-order chi connectivity index (χ0) is 12.5. The van der Waals surface area contributed by atoms with Crippen molar-refractivity contribution in [1.29, 1.82) is 0 Å². The summed E-state index contributed by atoms with van der Waals surface area (Å²) in [4.78, 5) is 0. The summed E-state index contributed by atoms with van der Waals surface area (Å²) < 4.78 is 2.86. The highest BCUT2D eigenvalue weighted by Crippen LogP contribution is 2.32. The van der Waals surface area contributed by atoms with E-state index in [2.05, 4.69) is 39.7 Å². The topological polar surface area (TPSA) is 17.8 Å². The van der Waals surface area contributed by atoms with Gasteiger partial charge in [0, 0.05) is 21.6 Å². The van der Waals surface area contributed by atoms with Crippen molar-refractivity contribution in [2.45, 2.75) is 0 Å². The maximum atomic E-state index is 4.61. The first-order valence-corrected chi connectivity index (χ1v) is 6.45. The lowest BCUT2D eigenvalue weighted by molar-refractivity contribution is 0.972. The zero-order valence-electron chi connectivity index (χ0n) is 9.68. The van der Waals surface area contributed by atoms with Crippen molar-refractivity contribution in [3.8, 4) is 11.3 Å². The number of rotatable bonds is 2. The predicted molar refractivity (Wildman–Crippen MR) is 79.3 cm³/mol. The van der Waals surface area contributed by atoms with Gasteiger partial charge in [-0.1, -0.05) is 58.9 Å². The van der Waals surface area contributed by atoms with Gasteiger partial charge in [-0.05, 0) is 12.1 Å². The number of fused-ring (bicyclic) bond motifs is 1. The third kappa shape index (κ3) is 1.68. The van der Waals surface area contributed by atoms with Crippen LogP contribution >= 0.6 is 15.9 Å². The molecule has 0 fully saturated rings. The minimum Gasteiger partial charge on any atom is -0.240 e. The third-order valence-corrected chi connectivity index (χ3v) is 3.61. The quantitative estimate of drug-likeness (QED) is 0.678. The van der Waals surface area contributed by atoms with Crippen LogP contribution in [0.5, 0.6) is 0 Å². The standard InChI is InChI=1S/C15H11BrN2/c1-2-18-14-10-6-4-8-12(14)15(17-18)11-7-3-5-9-13(11)16/h2-10H,1H2. The van der Waals surface area contributed by atoms with Crippen LogP contribution in [-0.4, -0.2) is 9.78 Å². The maximum Gasteiger partial charge on any atom is 0.102 e. The van der Waals surface area contributed by atoms with Crippen LogP contribution in [0.15, 0.2) is 59.6 Å². The molecule has 1 heterocycles. The van der Waals surface area contributed by atoms with E-state index in [1.165, 1.54) is 0 Å². The average molecular weight is 299 g/mol. The molecule has 3 aromatic rings. The molecule has 18 heavy (non-hydrogen) atoms. The molecular weight excluding hydrogens is 288 g/mol. The molecular formula is C15H11BrN2. The van der Waals surface area contributed by atoms with Crippen LogP contribution in [0.3, 0.4) is 0 Å². The number of halogens is 1.